The van der Waals surface area contributed by atoms with Gasteiger partial charge in [0, 0.05) is 17.3 Å². The fourth-order valence-electron chi connectivity index (χ4n) is 9.02. The van der Waals surface area contributed by atoms with Crippen molar-refractivity contribution in [2.24, 2.45) is 28.6 Å². The van der Waals surface area contributed by atoms with Gasteiger partial charge >= 0.3 is 11.9 Å². The molecule has 3 saturated carbocycles. The largest absolute Gasteiger partial charge is 0.469 e. The molecule has 0 N–H and O–H groups in total. The van der Waals surface area contributed by atoms with E-state index >= 15 is 0 Å². The van der Waals surface area contributed by atoms with E-state index in [1.165, 1.54) is 7.11 Å². The zero-order chi connectivity index (χ0) is 29.2. The lowest BCUT2D eigenvalue weighted by Crippen LogP contribution is -2.55. The molecule has 0 aromatic heterocycles. The monoisotopic (exact) mass is 592 g/mol. The van der Waals surface area contributed by atoms with Crippen molar-refractivity contribution in [2.75, 3.05) is 7.11 Å². The molecule has 5 aliphatic rings. The second-order valence-corrected chi connectivity index (χ2v) is 29.1. The predicted octanol–water partition coefficient (Wildman–Crippen LogP) is 5.66. The summed E-state index contributed by atoms with van der Waals surface area (Å²) in [6.07, 6.45) is 5.42. The van der Waals surface area contributed by atoms with Crippen molar-refractivity contribution >= 4 is 36.9 Å². The summed E-state index contributed by atoms with van der Waals surface area (Å²) in [6, 6.07) is 0. The summed E-state index contributed by atoms with van der Waals surface area (Å²) in [7, 11) is -4.70. The van der Waals surface area contributed by atoms with Gasteiger partial charge in [-0.1, -0.05) is 12.7 Å². The van der Waals surface area contributed by atoms with Crippen LogP contribution < -0.4 is 0 Å². The van der Waals surface area contributed by atoms with Gasteiger partial charge in [-0.3, -0.25) is 9.59 Å². The van der Waals surface area contributed by atoms with E-state index in [0.29, 0.717) is 6.42 Å². The van der Waals surface area contributed by atoms with Crippen LogP contribution in [0.25, 0.3) is 0 Å². The van der Waals surface area contributed by atoms with E-state index in [-0.39, 0.29) is 24.0 Å². The van der Waals surface area contributed by atoms with Crippen molar-refractivity contribution < 1.29 is 32.3 Å². The van der Waals surface area contributed by atoms with E-state index in [9.17, 15) is 9.59 Å². The number of carbonyl (C=O) groups is 2. The van der Waals surface area contributed by atoms with E-state index in [1.807, 2.05) is 13.0 Å². The van der Waals surface area contributed by atoms with Crippen molar-refractivity contribution in [3.05, 3.63) is 24.3 Å². The number of fused-ring (bicyclic) bond motifs is 1. The van der Waals surface area contributed by atoms with Gasteiger partial charge < -0.3 is 22.8 Å². The molecule has 39 heavy (non-hydrogen) atoms. The highest BCUT2D eigenvalue weighted by molar-refractivity contribution is 6.70. The molecule has 1 aliphatic heterocycles. The Kier molecular flexibility index (Phi) is 6.42. The highest BCUT2D eigenvalue weighted by Gasteiger charge is 2.86. The van der Waals surface area contributed by atoms with E-state index in [2.05, 4.69) is 71.6 Å². The molecule has 0 aromatic rings. The van der Waals surface area contributed by atoms with Crippen LogP contribution in [-0.4, -0.2) is 67.4 Å². The van der Waals surface area contributed by atoms with Crippen LogP contribution in [-0.2, 0) is 32.3 Å². The summed E-state index contributed by atoms with van der Waals surface area (Å²) in [5.41, 5.74) is -2.21. The molecule has 4 bridgehead atoms. The van der Waals surface area contributed by atoms with Crippen LogP contribution in [0.4, 0.5) is 0 Å². The number of esters is 2. The summed E-state index contributed by atoms with van der Waals surface area (Å²) in [6.45, 7) is 26.1. The van der Waals surface area contributed by atoms with Crippen LogP contribution in [0.3, 0.4) is 0 Å². The normalized spacial score (nSPS) is 44.7. The molecule has 9 atom stereocenters. The average Bonchev–Trinajstić information content (AvgIpc) is 3.18. The van der Waals surface area contributed by atoms with Crippen molar-refractivity contribution in [3.8, 4) is 0 Å². The predicted molar refractivity (Wildman–Crippen MR) is 158 cm³/mol. The Morgan fingerprint density at radius 2 is 1.64 bits per heavy atom. The Labute approximate surface area is 237 Å². The molecule has 4 aliphatic carbocycles. The quantitative estimate of drug-likeness (QED) is 0.214. The third-order valence-electron chi connectivity index (χ3n) is 9.80. The minimum Gasteiger partial charge on any atom is -0.469 e. The molecule has 5 rings (SSSR count). The smallest absolute Gasteiger partial charge is 0.316 e. The van der Waals surface area contributed by atoms with E-state index < -0.39 is 64.9 Å². The van der Waals surface area contributed by atoms with E-state index in [1.54, 1.807) is 0 Å². The fraction of sp³-hybridized carbons (Fsp3) is 0.793. The lowest BCUT2D eigenvalue weighted by molar-refractivity contribution is -0.167. The maximum Gasteiger partial charge on any atom is 0.316 e. The molecular weight excluding hydrogens is 545 g/mol. The number of rotatable bonds is 7. The van der Waals surface area contributed by atoms with Crippen LogP contribution in [0.2, 0.25) is 58.9 Å². The van der Waals surface area contributed by atoms with Gasteiger partial charge in [0.05, 0.1) is 30.8 Å². The summed E-state index contributed by atoms with van der Waals surface area (Å²) in [4.78, 5) is 28.0. The molecule has 1 spiro atoms. The number of methoxy groups -OCH3 is 1. The van der Waals surface area contributed by atoms with Gasteiger partial charge in [0.15, 0.2) is 25.0 Å². The number of ether oxygens (including phenoxy) is 2. The molecule has 4 fully saturated rings. The van der Waals surface area contributed by atoms with Crippen molar-refractivity contribution in [2.45, 2.75) is 109 Å². The van der Waals surface area contributed by atoms with E-state index in [4.69, 9.17) is 22.8 Å². The summed E-state index contributed by atoms with van der Waals surface area (Å²) in [5, 5.41) is 0. The van der Waals surface area contributed by atoms with E-state index in [0.717, 1.165) is 18.4 Å². The zero-order valence-electron chi connectivity index (χ0n) is 25.7. The van der Waals surface area contributed by atoms with Crippen molar-refractivity contribution in [1.82, 2.24) is 0 Å². The Hall–Kier alpha value is -1.05. The molecule has 0 aromatic carbocycles. The highest BCUT2D eigenvalue weighted by Crippen LogP contribution is 2.78. The standard InChI is InChI=1S/C29H48O7Si3/c1-18-23(35-38(7,8)9)28-17-27(18,36-39(10,11)12)15-13-19(28)29-16-14-20(34-37(4,5)6)26(2,25(31)33-29)22(29)21(28)24(30)32-3/h14,16,19-23H,1,13,15,17H2,2-12H3/t19?,20-,21+,22?,23-,26?,27-,28+,29+/m0/s1. The zero-order valence-corrected chi connectivity index (χ0v) is 28.7. The SMILES string of the molecule is C=C1[C@H](O[Si](C)(C)C)[C@]23C[C@@]1(O[Si](C)(C)C)CCC2[C@@]12C=C[C@H](O[Si](C)(C)C)C(C)(C(=O)O1)C2[C@@H]3C(=O)OC. The Balaban J connectivity index is 1.75. The van der Waals surface area contributed by atoms with Gasteiger partial charge in [0.1, 0.15) is 11.0 Å². The summed E-state index contributed by atoms with van der Waals surface area (Å²) >= 11 is 0. The van der Waals surface area contributed by atoms with Gasteiger partial charge in [-0.25, -0.2) is 0 Å². The minimum absolute atomic E-state index is 0.118. The molecule has 7 nitrogen and oxygen atoms in total. The first-order chi connectivity index (χ1) is 17.7. The number of hydrogen-bond donors (Lipinski definition) is 0. The van der Waals surface area contributed by atoms with Crippen molar-refractivity contribution in [3.63, 3.8) is 0 Å². The molecule has 10 heteroatoms. The maximum atomic E-state index is 14.1. The second-order valence-electron chi connectivity index (χ2n) is 15.7. The Bertz CT molecular complexity index is 1130. The van der Waals surface area contributed by atoms with Gasteiger partial charge in [-0.15, -0.1) is 0 Å². The van der Waals surface area contributed by atoms with Gasteiger partial charge in [-0.2, -0.15) is 0 Å². The first-order valence-electron chi connectivity index (χ1n) is 14.4. The van der Waals surface area contributed by atoms with Crippen LogP contribution >= 0.6 is 0 Å². The molecule has 0 amide bonds. The van der Waals surface area contributed by atoms with Gasteiger partial charge in [-0.05, 0) is 96.8 Å². The number of carbonyl (C=O) groups excluding carboxylic acids is 2. The Morgan fingerprint density at radius 3 is 2.18 bits per heavy atom. The summed E-state index contributed by atoms with van der Waals surface area (Å²) < 4.78 is 32.8. The average molecular weight is 593 g/mol. The van der Waals surface area contributed by atoms with Crippen LogP contribution in [0, 0.1) is 28.6 Å². The van der Waals surface area contributed by atoms with Crippen molar-refractivity contribution in [1.29, 1.82) is 0 Å². The highest BCUT2D eigenvalue weighted by atomic mass is 28.4. The maximum absolute atomic E-state index is 14.1. The second kappa shape index (κ2) is 8.50. The first-order valence-corrected chi connectivity index (χ1v) is 24.7. The van der Waals surface area contributed by atoms with Crippen LogP contribution in [0.1, 0.15) is 26.2 Å². The van der Waals surface area contributed by atoms with Gasteiger partial charge in [0.2, 0.25) is 0 Å². The van der Waals surface area contributed by atoms with Crippen LogP contribution in [0.15, 0.2) is 24.3 Å². The lowest BCUT2D eigenvalue weighted by atomic mass is 9.60. The van der Waals surface area contributed by atoms with Crippen LogP contribution in [0.5, 0.6) is 0 Å². The molecule has 1 saturated heterocycles. The molecule has 0 radical (unpaired) electrons. The molecule has 218 valence electrons. The third kappa shape index (κ3) is 4.02. The Morgan fingerprint density at radius 1 is 1.03 bits per heavy atom. The van der Waals surface area contributed by atoms with Gasteiger partial charge in [0.25, 0.3) is 0 Å². The molecular formula is C29H48O7Si3. The summed E-state index contributed by atoms with van der Waals surface area (Å²) in [5.74, 6) is -1.75. The number of hydrogen-bond acceptors (Lipinski definition) is 7. The molecule has 3 unspecified atom stereocenters. The minimum atomic E-state index is -2.11. The molecule has 1 heterocycles. The lowest BCUT2D eigenvalue weighted by Gasteiger charge is -2.48. The first kappa shape index (κ1) is 29.4. The fourth-order valence-corrected chi connectivity index (χ4v) is 12.6. The topological polar surface area (TPSA) is 80.3 Å². The third-order valence-corrected chi connectivity index (χ3v) is 12.7.